The van der Waals surface area contributed by atoms with Crippen LogP contribution in [0.1, 0.15) is 41.8 Å². The van der Waals surface area contributed by atoms with E-state index in [0.29, 0.717) is 5.76 Å². The SMILES string of the molecule is CSCc1ccc(C(=O)N[C@@H](c2cccnc2)C(C)C)o1. The van der Waals surface area contributed by atoms with E-state index in [9.17, 15) is 4.79 Å². The molecule has 2 aromatic rings. The fourth-order valence-corrected chi connectivity index (χ4v) is 2.57. The number of thioether (sulfide) groups is 1. The molecule has 0 aliphatic heterocycles. The topological polar surface area (TPSA) is 55.1 Å². The van der Waals surface area contributed by atoms with Gasteiger partial charge in [-0.3, -0.25) is 9.78 Å². The van der Waals surface area contributed by atoms with Gasteiger partial charge in [-0.1, -0.05) is 19.9 Å². The van der Waals surface area contributed by atoms with E-state index in [2.05, 4.69) is 24.1 Å². The van der Waals surface area contributed by atoms with Crippen LogP contribution in [0.15, 0.2) is 41.1 Å². The van der Waals surface area contributed by atoms with Gasteiger partial charge in [-0.15, -0.1) is 0 Å². The van der Waals surface area contributed by atoms with Crippen molar-refractivity contribution in [3.8, 4) is 0 Å². The van der Waals surface area contributed by atoms with Crippen molar-refractivity contribution in [3.63, 3.8) is 0 Å². The smallest absolute Gasteiger partial charge is 0.287 e. The molecule has 0 spiro atoms. The predicted octanol–water partition coefficient (Wildman–Crippen LogP) is 3.66. The number of nitrogens with one attached hydrogen (secondary N) is 1. The molecule has 5 heteroatoms. The summed E-state index contributed by atoms with van der Waals surface area (Å²) in [5.41, 5.74) is 0.997. The van der Waals surface area contributed by atoms with Crippen LogP contribution in [0.2, 0.25) is 0 Å². The molecular weight excluding hydrogens is 284 g/mol. The first-order chi connectivity index (χ1) is 10.1. The van der Waals surface area contributed by atoms with Crippen molar-refractivity contribution in [2.24, 2.45) is 5.92 Å². The zero-order chi connectivity index (χ0) is 15.2. The molecule has 21 heavy (non-hydrogen) atoms. The second-order valence-corrected chi connectivity index (χ2v) is 6.05. The van der Waals surface area contributed by atoms with Gasteiger partial charge < -0.3 is 9.73 Å². The van der Waals surface area contributed by atoms with Crippen molar-refractivity contribution in [2.45, 2.75) is 25.6 Å². The predicted molar refractivity (Wildman–Crippen MR) is 85.2 cm³/mol. The third-order valence-electron chi connectivity index (χ3n) is 3.17. The molecule has 4 nitrogen and oxygen atoms in total. The number of pyridine rings is 1. The van der Waals surface area contributed by atoms with Gasteiger partial charge in [0, 0.05) is 12.4 Å². The third kappa shape index (κ3) is 4.11. The summed E-state index contributed by atoms with van der Waals surface area (Å²) in [6, 6.07) is 7.33. The van der Waals surface area contributed by atoms with Crippen molar-refractivity contribution in [2.75, 3.05) is 6.26 Å². The number of carbonyl (C=O) groups is 1. The minimum Gasteiger partial charge on any atom is -0.455 e. The van der Waals surface area contributed by atoms with E-state index >= 15 is 0 Å². The zero-order valence-electron chi connectivity index (χ0n) is 12.5. The largest absolute Gasteiger partial charge is 0.455 e. The molecule has 112 valence electrons. The van der Waals surface area contributed by atoms with Crippen LogP contribution in [0.3, 0.4) is 0 Å². The average molecular weight is 304 g/mol. The first-order valence-corrected chi connectivity index (χ1v) is 8.29. The fourth-order valence-electron chi connectivity index (χ4n) is 2.13. The van der Waals surface area contributed by atoms with E-state index in [0.717, 1.165) is 17.1 Å². The molecule has 0 unspecified atom stereocenters. The molecule has 0 aliphatic rings. The summed E-state index contributed by atoms with van der Waals surface area (Å²) >= 11 is 1.66. The lowest BCUT2D eigenvalue weighted by atomic mass is 9.97. The van der Waals surface area contributed by atoms with E-state index in [1.165, 1.54) is 0 Å². The van der Waals surface area contributed by atoms with Gasteiger partial charge in [0.25, 0.3) is 5.91 Å². The molecule has 0 radical (unpaired) electrons. The Morgan fingerprint density at radius 1 is 1.38 bits per heavy atom. The monoisotopic (exact) mass is 304 g/mol. The lowest BCUT2D eigenvalue weighted by Gasteiger charge is -2.22. The number of furan rings is 1. The van der Waals surface area contributed by atoms with Crippen LogP contribution in [-0.4, -0.2) is 17.1 Å². The van der Waals surface area contributed by atoms with Crippen molar-refractivity contribution in [3.05, 3.63) is 53.7 Å². The number of carbonyl (C=O) groups excluding carboxylic acids is 1. The number of rotatable bonds is 6. The number of nitrogens with zero attached hydrogens (tertiary/aromatic N) is 1. The summed E-state index contributed by atoms with van der Waals surface area (Å²) in [6.45, 7) is 4.14. The Kier molecular flexibility index (Phi) is 5.44. The Hall–Kier alpha value is -1.75. The average Bonchev–Trinajstić information content (AvgIpc) is 2.94. The molecule has 0 aliphatic carbocycles. The maximum absolute atomic E-state index is 12.3. The lowest BCUT2D eigenvalue weighted by molar-refractivity contribution is 0.0896. The molecule has 0 saturated heterocycles. The van der Waals surface area contributed by atoms with Crippen LogP contribution in [0.25, 0.3) is 0 Å². The summed E-state index contributed by atoms with van der Waals surface area (Å²) < 4.78 is 5.55. The molecule has 0 bridgehead atoms. The highest BCUT2D eigenvalue weighted by Crippen LogP contribution is 2.22. The minimum atomic E-state index is -0.190. The number of hydrogen-bond donors (Lipinski definition) is 1. The van der Waals surface area contributed by atoms with Gasteiger partial charge in [-0.2, -0.15) is 11.8 Å². The van der Waals surface area contributed by atoms with Crippen molar-refractivity contribution < 1.29 is 9.21 Å². The van der Waals surface area contributed by atoms with Crippen LogP contribution < -0.4 is 5.32 Å². The van der Waals surface area contributed by atoms with Crippen LogP contribution in [0.5, 0.6) is 0 Å². The summed E-state index contributed by atoms with van der Waals surface area (Å²) in [5.74, 6) is 2.01. The van der Waals surface area contributed by atoms with Crippen molar-refractivity contribution in [1.82, 2.24) is 10.3 Å². The third-order valence-corrected chi connectivity index (χ3v) is 3.74. The van der Waals surface area contributed by atoms with Gasteiger partial charge in [0.15, 0.2) is 5.76 Å². The van der Waals surface area contributed by atoms with E-state index in [-0.39, 0.29) is 17.9 Å². The summed E-state index contributed by atoms with van der Waals surface area (Å²) in [5, 5.41) is 3.02. The molecule has 0 saturated carbocycles. The highest BCUT2D eigenvalue weighted by molar-refractivity contribution is 7.97. The molecule has 2 aromatic heterocycles. The summed E-state index contributed by atoms with van der Waals surface area (Å²) in [6.07, 6.45) is 5.51. The van der Waals surface area contributed by atoms with Crippen LogP contribution >= 0.6 is 11.8 Å². The number of hydrogen-bond acceptors (Lipinski definition) is 4. The summed E-state index contributed by atoms with van der Waals surface area (Å²) in [4.78, 5) is 16.4. The maximum atomic E-state index is 12.3. The van der Waals surface area contributed by atoms with Crippen LogP contribution in [0.4, 0.5) is 0 Å². The maximum Gasteiger partial charge on any atom is 0.287 e. The highest BCUT2D eigenvalue weighted by atomic mass is 32.2. The van der Waals surface area contributed by atoms with Crippen molar-refractivity contribution in [1.29, 1.82) is 0 Å². The molecule has 1 N–H and O–H groups in total. The number of aromatic nitrogens is 1. The fraction of sp³-hybridized carbons (Fsp3) is 0.375. The van der Waals surface area contributed by atoms with Gasteiger partial charge in [-0.05, 0) is 35.9 Å². The highest BCUT2D eigenvalue weighted by Gasteiger charge is 2.21. The lowest BCUT2D eigenvalue weighted by Crippen LogP contribution is -2.31. The van der Waals surface area contributed by atoms with E-state index in [4.69, 9.17) is 4.42 Å². The normalized spacial score (nSPS) is 12.4. The van der Waals surface area contributed by atoms with Gasteiger partial charge in [0.1, 0.15) is 5.76 Å². The Balaban J connectivity index is 2.11. The Morgan fingerprint density at radius 3 is 2.81 bits per heavy atom. The second-order valence-electron chi connectivity index (χ2n) is 5.18. The molecule has 0 aromatic carbocycles. The second kappa shape index (κ2) is 7.31. The first-order valence-electron chi connectivity index (χ1n) is 6.90. The van der Waals surface area contributed by atoms with Crippen molar-refractivity contribution >= 4 is 17.7 Å². The van der Waals surface area contributed by atoms with E-state index in [1.807, 2.05) is 24.5 Å². The van der Waals surface area contributed by atoms with E-state index in [1.54, 1.807) is 30.2 Å². The Morgan fingerprint density at radius 2 is 2.19 bits per heavy atom. The minimum absolute atomic E-state index is 0.0831. The van der Waals surface area contributed by atoms with Gasteiger partial charge in [0.05, 0.1) is 11.8 Å². The number of amides is 1. The Labute approximate surface area is 129 Å². The van der Waals surface area contributed by atoms with E-state index < -0.39 is 0 Å². The van der Waals surface area contributed by atoms with Gasteiger partial charge in [0.2, 0.25) is 0 Å². The molecule has 1 atom stereocenters. The molecular formula is C16H20N2O2S. The summed E-state index contributed by atoms with van der Waals surface area (Å²) in [7, 11) is 0. The quantitative estimate of drug-likeness (QED) is 0.885. The molecule has 2 rings (SSSR count). The van der Waals surface area contributed by atoms with Crippen LogP contribution in [0, 0.1) is 5.92 Å². The standard InChI is InChI=1S/C16H20N2O2S/c1-11(2)15(12-5-4-8-17-9-12)18-16(19)14-7-6-13(20-14)10-21-3/h4-9,11,15H,10H2,1-3H3,(H,18,19)/t15-/m1/s1. The molecule has 0 fully saturated rings. The zero-order valence-corrected chi connectivity index (χ0v) is 13.3. The van der Waals surface area contributed by atoms with Crippen LogP contribution in [-0.2, 0) is 5.75 Å². The molecule has 1 amide bonds. The Bertz CT molecular complexity index is 581. The molecule has 2 heterocycles. The van der Waals surface area contributed by atoms with Gasteiger partial charge >= 0.3 is 0 Å². The first kappa shape index (κ1) is 15.6. The van der Waals surface area contributed by atoms with Gasteiger partial charge in [-0.25, -0.2) is 0 Å².